The number of rotatable bonds is 7. The minimum absolute atomic E-state index is 0.164. The number of guanidine groups is 1. The molecule has 5 nitrogen and oxygen atoms in total. The van der Waals surface area contributed by atoms with E-state index in [4.69, 9.17) is 0 Å². The highest BCUT2D eigenvalue weighted by Crippen LogP contribution is 2.11. The number of aliphatic imine (C=N–C) groups is 1. The molecule has 0 aliphatic rings. The van der Waals surface area contributed by atoms with Crippen LogP contribution in [0.3, 0.4) is 0 Å². The zero-order chi connectivity index (χ0) is 18.2. The normalized spacial score (nSPS) is 11.7. The van der Waals surface area contributed by atoms with Crippen LogP contribution in [-0.2, 0) is 12.8 Å². The van der Waals surface area contributed by atoms with Crippen molar-refractivity contribution in [2.24, 2.45) is 4.99 Å². The molecule has 1 heterocycles. The second-order valence-electron chi connectivity index (χ2n) is 6.07. The summed E-state index contributed by atoms with van der Waals surface area (Å²) in [4.78, 5) is 12.1. The number of fused-ring (bicyclic) bond motifs is 1. The molecule has 0 unspecified atom stereocenters. The van der Waals surface area contributed by atoms with Crippen molar-refractivity contribution in [3.63, 3.8) is 0 Å². The van der Waals surface area contributed by atoms with Crippen molar-refractivity contribution < 1.29 is 4.39 Å². The number of benzene rings is 2. The summed E-state index contributed by atoms with van der Waals surface area (Å²) in [5.74, 6) is 1.56. The summed E-state index contributed by atoms with van der Waals surface area (Å²) in [5.41, 5.74) is 2.78. The first-order chi connectivity index (χ1) is 12.8. The lowest BCUT2D eigenvalue weighted by atomic mass is 10.1. The molecule has 0 bridgehead atoms. The molecule has 0 radical (unpaired) electrons. The van der Waals surface area contributed by atoms with E-state index >= 15 is 0 Å². The summed E-state index contributed by atoms with van der Waals surface area (Å²) in [7, 11) is 1.73. The summed E-state index contributed by atoms with van der Waals surface area (Å²) in [6, 6.07) is 14.9. The third-order valence-electron chi connectivity index (χ3n) is 4.19. The van der Waals surface area contributed by atoms with Crippen molar-refractivity contribution in [3.05, 3.63) is 65.7 Å². The zero-order valence-corrected chi connectivity index (χ0v) is 14.9. The Morgan fingerprint density at radius 2 is 1.81 bits per heavy atom. The first-order valence-electron chi connectivity index (χ1n) is 8.88. The predicted octanol–water partition coefficient (Wildman–Crippen LogP) is 3.04. The molecule has 0 saturated heterocycles. The van der Waals surface area contributed by atoms with Gasteiger partial charge in [0.05, 0.1) is 11.0 Å². The fourth-order valence-corrected chi connectivity index (χ4v) is 2.82. The van der Waals surface area contributed by atoms with Gasteiger partial charge in [-0.05, 0) is 36.6 Å². The average Bonchev–Trinajstić information content (AvgIpc) is 3.08. The van der Waals surface area contributed by atoms with Crippen LogP contribution in [0, 0.1) is 5.82 Å². The van der Waals surface area contributed by atoms with Crippen LogP contribution in [0.25, 0.3) is 11.0 Å². The van der Waals surface area contributed by atoms with Crippen molar-refractivity contribution >= 4 is 17.0 Å². The maximum atomic E-state index is 13.6. The Balaban J connectivity index is 1.38. The second-order valence-corrected chi connectivity index (χ2v) is 6.07. The summed E-state index contributed by atoms with van der Waals surface area (Å²) >= 11 is 0. The number of aryl methyl sites for hydroxylation is 1. The van der Waals surface area contributed by atoms with E-state index in [1.165, 1.54) is 6.07 Å². The monoisotopic (exact) mass is 353 g/mol. The Hall–Kier alpha value is -2.89. The fourth-order valence-electron chi connectivity index (χ4n) is 2.82. The quantitative estimate of drug-likeness (QED) is 0.347. The Labute approximate surface area is 152 Å². The Kier molecular flexibility index (Phi) is 6.19. The summed E-state index contributed by atoms with van der Waals surface area (Å²) in [6.07, 6.45) is 2.42. The van der Waals surface area contributed by atoms with Gasteiger partial charge in [-0.15, -0.1) is 0 Å². The van der Waals surface area contributed by atoms with Crippen molar-refractivity contribution in [3.8, 4) is 0 Å². The molecule has 1 aromatic heterocycles. The number of hydrogen-bond donors (Lipinski definition) is 3. The third kappa shape index (κ3) is 4.81. The molecule has 26 heavy (non-hydrogen) atoms. The van der Waals surface area contributed by atoms with Gasteiger partial charge in [0.1, 0.15) is 11.6 Å². The maximum absolute atomic E-state index is 13.6. The van der Waals surface area contributed by atoms with Crippen LogP contribution < -0.4 is 10.6 Å². The molecule has 0 fully saturated rings. The van der Waals surface area contributed by atoms with Crippen LogP contribution in [-0.4, -0.2) is 36.1 Å². The molecular formula is C20H24FN5. The third-order valence-corrected chi connectivity index (χ3v) is 4.19. The van der Waals surface area contributed by atoms with Gasteiger partial charge >= 0.3 is 0 Å². The zero-order valence-electron chi connectivity index (χ0n) is 14.9. The van der Waals surface area contributed by atoms with E-state index in [-0.39, 0.29) is 5.82 Å². The Bertz CT molecular complexity index is 838. The molecule has 0 atom stereocenters. The summed E-state index contributed by atoms with van der Waals surface area (Å²) in [5, 5.41) is 6.49. The van der Waals surface area contributed by atoms with E-state index in [1.807, 2.05) is 30.3 Å². The highest BCUT2D eigenvalue weighted by Gasteiger charge is 2.03. The smallest absolute Gasteiger partial charge is 0.190 e. The van der Waals surface area contributed by atoms with Gasteiger partial charge in [0.15, 0.2) is 5.96 Å². The molecule has 3 N–H and O–H groups in total. The largest absolute Gasteiger partial charge is 0.356 e. The Morgan fingerprint density at radius 3 is 2.62 bits per heavy atom. The van der Waals surface area contributed by atoms with Gasteiger partial charge < -0.3 is 15.6 Å². The van der Waals surface area contributed by atoms with Crippen molar-refractivity contribution in [1.82, 2.24) is 20.6 Å². The number of hydrogen-bond acceptors (Lipinski definition) is 2. The van der Waals surface area contributed by atoms with Gasteiger partial charge in [-0.1, -0.05) is 30.3 Å². The van der Waals surface area contributed by atoms with E-state index in [1.54, 1.807) is 19.2 Å². The van der Waals surface area contributed by atoms with E-state index in [2.05, 4.69) is 25.6 Å². The van der Waals surface area contributed by atoms with E-state index in [0.29, 0.717) is 18.5 Å². The number of nitrogens with one attached hydrogen (secondary N) is 3. The molecule has 2 aromatic carbocycles. The summed E-state index contributed by atoms with van der Waals surface area (Å²) in [6.45, 7) is 1.42. The Morgan fingerprint density at radius 1 is 1.04 bits per heavy atom. The number of para-hydroxylation sites is 2. The standard InChI is InChI=1S/C20H24FN5/c1-22-20(24-14-12-15-7-2-3-8-16(15)21)23-13-6-11-19-25-17-9-4-5-10-18(17)26-19/h2-5,7-10H,6,11-14H2,1H3,(H,25,26)(H2,22,23,24). The predicted molar refractivity (Wildman–Crippen MR) is 104 cm³/mol. The van der Waals surface area contributed by atoms with E-state index in [0.717, 1.165) is 42.2 Å². The molecule has 3 rings (SSSR count). The molecule has 0 spiro atoms. The van der Waals surface area contributed by atoms with E-state index in [9.17, 15) is 4.39 Å². The van der Waals surface area contributed by atoms with Crippen LogP contribution in [0.5, 0.6) is 0 Å². The van der Waals surface area contributed by atoms with Crippen molar-refractivity contribution in [2.45, 2.75) is 19.3 Å². The lowest BCUT2D eigenvalue weighted by Gasteiger charge is -2.11. The van der Waals surface area contributed by atoms with Crippen molar-refractivity contribution in [2.75, 3.05) is 20.1 Å². The van der Waals surface area contributed by atoms with Crippen LogP contribution in [0.15, 0.2) is 53.5 Å². The minimum atomic E-state index is -0.164. The van der Waals surface area contributed by atoms with Gasteiger partial charge in [-0.2, -0.15) is 0 Å². The average molecular weight is 353 g/mol. The van der Waals surface area contributed by atoms with Crippen LogP contribution in [0.2, 0.25) is 0 Å². The van der Waals surface area contributed by atoms with Crippen LogP contribution in [0.1, 0.15) is 17.8 Å². The highest BCUT2D eigenvalue weighted by atomic mass is 19.1. The number of nitrogens with zero attached hydrogens (tertiary/aromatic N) is 2. The molecule has 0 amide bonds. The van der Waals surface area contributed by atoms with Gasteiger partial charge in [0.2, 0.25) is 0 Å². The lowest BCUT2D eigenvalue weighted by molar-refractivity contribution is 0.606. The highest BCUT2D eigenvalue weighted by molar-refractivity contribution is 5.79. The molecule has 0 aliphatic carbocycles. The van der Waals surface area contributed by atoms with Gasteiger partial charge in [0, 0.05) is 26.6 Å². The van der Waals surface area contributed by atoms with Gasteiger partial charge in [-0.3, -0.25) is 4.99 Å². The van der Waals surface area contributed by atoms with Crippen LogP contribution >= 0.6 is 0 Å². The maximum Gasteiger partial charge on any atom is 0.190 e. The van der Waals surface area contributed by atoms with Gasteiger partial charge in [-0.25, -0.2) is 9.37 Å². The molecule has 0 saturated carbocycles. The molecule has 3 aromatic rings. The minimum Gasteiger partial charge on any atom is -0.356 e. The SMILES string of the molecule is CN=C(NCCCc1nc2ccccc2[nH]1)NCCc1ccccc1F. The molecule has 0 aliphatic heterocycles. The van der Waals surface area contributed by atoms with Gasteiger partial charge in [0.25, 0.3) is 0 Å². The second kappa shape index (κ2) is 8.99. The molecule has 6 heteroatoms. The van der Waals surface area contributed by atoms with Crippen molar-refractivity contribution in [1.29, 1.82) is 0 Å². The topological polar surface area (TPSA) is 65.1 Å². The number of H-pyrrole nitrogens is 1. The number of imidazole rings is 1. The van der Waals surface area contributed by atoms with E-state index < -0.39 is 0 Å². The molecular weight excluding hydrogens is 329 g/mol. The molecule has 136 valence electrons. The summed E-state index contributed by atoms with van der Waals surface area (Å²) < 4.78 is 13.6. The fraction of sp³-hybridized carbons (Fsp3) is 0.300. The van der Waals surface area contributed by atoms with Crippen LogP contribution in [0.4, 0.5) is 4.39 Å². The number of aromatic amines is 1. The lowest BCUT2D eigenvalue weighted by Crippen LogP contribution is -2.38. The first-order valence-corrected chi connectivity index (χ1v) is 8.88. The number of halogens is 1. The first kappa shape index (κ1) is 17.9. The number of aromatic nitrogens is 2.